The Bertz CT molecular complexity index is 423. The van der Waals surface area contributed by atoms with Gasteiger partial charge in [-0.15, -0.1) is 0 Å². The normalized spacial score (nSPS) is 11.1. The van der Waals surface area contributed by atoms with Gasteiger partial charge in [0.2, 0.25) is 0 Å². The van der Waals surface area contributed by atoms with E-state index in [2.05, 4.69) is 10.3 Å². The smallest absolute Gasteiger partial charge is 0.332 e. The summed E-state index contributed by atoms with van der Waals surface area (Å²) >= 11 is 1.18. The highest BCUT2D eigenvalue weighted by Gasteiger charge is 2.17. The summed E-state index contributed by atoms with van der Waals surface area (Å²) in [7, 11) is 1.39. The van der Waals surface area contributed by atoms with Gasteiger partial charge in [0.25, 0.3) is 0 Å². The standard InChI is InChI=1S/C10H16N3O3S/c1-10(2,3)16-8(14)6-12-9-11-5-7(17-9)13(4)15/h5H,6H2,1-4H3,(H,11,12)/q+1. The van der Waals surface area contributed by atoms with E-state index in [0.717, 1.165) is 4.76 Å². The average molecular weight is 258 g/mol. The van der Waals surface area contributed by atoms with Crippen molar-refractivity contribution >= 4 is 27.4 Å². The van der Waals surface area contributed by atoms with Crippen LogP contribution in [-0.2, 0) is 9.53 Å². The van der Waals surface area contributed by atoms with E-state index in [4.69, 9.17) is 4.74 Å². The van der Waals surface area contributed by atoms with Crippen molar-refractivity contribution in [3.8, 4) is 0 Å². The number of anilines is 1. The molecule has 1 rings (SSSR count). The fraction of sp³-hybridized carbons (Fsp3) is 0.600. The van der Waals surface area contributed by atoms with Crippen LogP contribution in [0.5, 0.6) is 0 Å². The monoisotopic (exact) mass is 258 g/mol. The summed E-state index contributed by atoms with van der Waals surface area (Å²) in [4.78, 5) is 26.3. The summed E-state index contributed by atoms with van der Waals surface area (Å²) in [6, 6.07) is 0. The molecule has 0 bridgehead atoms. The number of thiazole rings is 1. The number of ether oxygens (including phenoxy) is 1. The molecule has 0 amide bonds. The van der Waals surface area contributed by atoms with Crippen LogP contribution >= 0.6 is 11.3 Å². The number of nitrogens with zero attached hydrogens (tertiary/aromatic N) is 2. The second-order valence-electron chi connectivity index (χ2n) is 4.44. The van der Waals surface area contributed by atoms with E-state index in [1.165, 1.54) is 24.6 Å². The highest BCUT2D eigenvalue weighted by atomic mass is 32.1. The lowest BCUT2D eigenvalue weighted by Crippen LogP contribution is -2.28. The first-order chi connectivity index (χ1) is 7.78. The third kappa shape index (κ3) is 4.90. The molecule has 1 aromatic rings. The third-order valence-corrected chi connectivity index (χ3v) is 2.62. The first kappa shape index (κ1) is 13.6. The van der Waals surface area contributed by atoms with Crippen LogP contribution in [0.1, 0.15) is 20.8 Å². The van der Waals surface area contributed by atoms with Gasteiger partial charge in [-0.25, -0.2) is 4.98 Å². The second kappa shape index (κ2) is 5.22. The van der Waals surface area contributed by atoms with Crippen LogP contribution in [0.15, 0.2) is 6.20 Å². The molecule has 0 aliphatic heterocycles. The molecule has 0 saturated carbocycles. The number of hydrogen-bond donors (Lipinski definition) is 1. The first-order valence-electron chi connectivity index (χ1n) is 5.10. The molecule has 0 aliphatic rings. The Balaban J connectivity index is 2.45. The van der Waals surface area contributed by atoms with Gasteiger partial charge in [0.1, 0.15) is 18.3 Å². The van der Waals surface area contributed by atoms with Crippen LogP contribution in [0.2, 0.25) is 0 Å². The highest BCUT2D eigenvalue weighted by molar-refractivity contribution is 7.18. The molecule has 0 radical (unpaired) electrons. The lowest BCUT2D eigenvalue weighted by atomic mass is 10.2. The molecule has 0 unspecified atom stereocenters. The van der Waals surface area contributed by atoms with Crippen molar-refractivity contribution in [3.63, 3.8) is 0 Å². The lowest BCUT2D eigenvalue weighted by Gasteiger charge is -2.19. The summed E-state index contributed by atoms with van der Waals surface area (Å²) in [6.45, 7) is 5.45. The van der Waals surface area contributed by atoms with Crippen molar-refractivity contribution in [1.29, 1.82) is 0 Å². The zero-order valence-electron chi connectivity index (χ0n) is 10.3. The van der Waals surface area contributed by atoms with E-state index >= 15 is 0 Å². The van der Waals surface area contributed by atoms with Crippen molar-refractivity contribution in [2.45, 2.75) is 26.4 Å². The Hall–Kier alpha value is -1.50. The second-order valence-corrected chi connectivity index (χ2v) is 5.45. The van der Waals surface area contributed by atoms with Crippen LogP contribution in [0, 0.1) is 4.91 Å². The molecule has 94 valence electrons. The highest BCUT2D eigenvalue weighted by Crippen LogP contribution is 2.24. The maximum absolute atomic E-state index is 11.4. The van der Waals surface area contributed by atoms with Gasteiger partial charge in [0, 0.05) is 9.67 Å². The quantitative estimate of drug-likeness (QED) is 0.660. The van der Waals surface area contributed by atoms with Gasteiger partial charge in [-0.3, -0.25) is 4.79 Å². The van der Waals surface area contributed by atoms with Crippen LogP contribution in [0.4, 0.5) is 10.1 Å². The maximum Gasteiger partial charge on any atom is 0.332 e. The molecule has 0 fully saturated rings. The van der Waals surface area contributed by atoms with E-state index in [1.807, 2.05) is 0 Å². The Labute approximate surface area is 104 Å². The van der Waals surface area contributed by atoms with Gasteiger partial charge >= 0.3 is 11.0 Å². The summed E-state index contributed by atoms with van der Waals surface area (Å²) in [5.74, 6) is -0.357. The van der Waals surface area contributed by atoms with E-state index in [-0.39, 0.29) is 12.5 Å². The Morgan fingerprint density at radius 1 is 1.59 bits per heavy atom. The van der Waals surface area contributed by atoms with E-state index in [1.54, 1.807) is 20.8 Å². The van der Waals surface area contributed by atoms with Crippen molar-refractivity contribution < 1.29 is 14.3 Å². The fourth-order valence-electron chi connectivity index (χ4n) is 1.02. The number of nitrogens with one attached hydrogen (secondary N) is 1. The zero-order valence-corrected chi connectivity index (χ0v) is 11.1. The zero-order chi connectivity index (χ0) is 13.1. The van der Waals surface area contributed by atoms with Crippen LogP contribution < -0.4 is 5.32 Å². The molecule has 1 heterocycles. The van der Waals surface area contributed by atoms with Gasteiger partial charge in [0.05, 0.1) is 0 Å². The summed E-state index contributed by atoms with van der Waals surface area (Å²) in [5, 5.41) is 3.81. The predicted octanol–water partition coefficient (Wildman–Crippen LogP) is 1.94. The molecule has 7 heteroatoms. The molecule has 0 saturated heterocycles. The predicted molar refractivity (Wildman–Crippen MR) is 65.7 cm³/mol. The molecule has 1 N–H and O–H groups in total. The van der Waals surface area contributed by atoms with Crippen LogP contribution in [0.25, 0.3) is 0 Å². The van der Waals surface area contributed by atoms with Gasteiger partial charge in [-0.05, 0) is 32.1 Å². The topological polar surface area (TPSA) is 71.3 Å². The number of carbonyl (C=O) groups is 1. The fourth-order valence-corrected chi connectivity index (χ4v) is 1.70. The average Bonchev–Trinajstić information content (AvgIpc) is 2.60. The van der Waals surface area contributed by atoms with Crippen molar-refractivity contribution in [3.05, 3.63) is 11.1 Å². The van der Waals surface area contributed by atoms with Gasteiger partial charge in [-0.2, -0.15) is 0 Å². The molecular weight excluding hydrogens is 242 g/mol. The van der Waals surface area contributed by atoms with Gasteiger partial charge in [0.15, 0.2) is 12.2 Å². The summed E-state index contributed by atoms with van der Waals surface area (Å²) < 4.78 is 5.84. The minimum absolute atomic E-state index is 0.0345. The van der Waals surface area contributed by atoms with E-state index in [0.29, 0.717) is 10.1 Å². The number of nitroso groups, excluding NO2 is 1. The molecular formula is C10H16N3O3S+. The number of rotatable bonds is 4. The largest absolute Gasteiger partial charge is 0.459 e. The number of aromatic nitrogens is 1. The SMILES string of the molecule is C[N+](=O)c1cnc(NCC(=O)OC(C)(C)C)s1. The summed E-state index contributed by atoms with van der Waals surface area (Å²) in [5.41, 5.74) is -0.498. The van der Waals surface area contributed by atoms with Crippen LogP contribution in [-0.4, -0.2) is 34.9 Å². The minimum Gasteiger partial charge on any atom is -0.459 e. The first-order valence-corrected chi connectivity index (χ1v) is 5.92. The van der Waals surface area contributed by atoms with Crippen molar-refractivity contribution in [2.75, 3.05) is 18.9 Å². The van der Waals surface area contributed by atoms with Crippen molar-refractivity contribution in [1.82, 2.24) is 4.98 Å². The lowest BCUT2D eigenvalue weighted by molar-refractivity contribution is -0.424. The molecule has 0 atom stereocenters. The number of esters is 1. The minimum atomic E-state index is -0.498. The van der Waals surface area contributed by atoms with E-state index < -0.39 is 5.60 Å². The Morgan fingerprint density at radius 3 is 2.71 bits per heavy atom. The van der Waals surface area contributed by atoms with Gasteiger partial charge < -0.3 is 10.1 Å². The molecule has 0 aliphatic carbocycles. The van der Waals surface area contributed by atoms with Gasteiger partial charge in [-0.1, -0.05) is 0 Å². The Morgan fingerprint density at radius 2 is 2.24 bits per heavy atom. The van der Waals surface area contributed by atoms with Crippen molar-refractivity contribution in [2.24, 2.45) is 0 Å². The molecule has 17 heavy (non-hydrogen) atoms. The number of hydrogen-bond acceptors (Lipinski definition) is 6. The summed E-state index contributed by atoms with van der Waals surface area (Å²) in [6.07, 6.45) is 1.45. The van der Waals surface area contributed by atoms with Crippen LogP contribution in [0.3, 0.4) is 0 Å². The maximum atomic E-state index is 11.4. The number of carbonyl (C=O) groups excluding carboxylic acids is 1. The molecule has 0 aromatic carbocycles. The Kier molecular flexibility index (Phi) is 4.17. The third-order valence-electron chi connectivity index (χ3n) is 1.61. The van der Waals surface area contributed by atoms with E-state index in [9.17, 15) is 9.70 Å². The molecule has 6 nitrogen and oxygen atoms in total. The molecule has 1 aromatic heterocycles. The molecule has 0 spiro atoms.